The highest BCUT2D eigenvalue weighted by Gasteiger charge is 2.47. The molecular formula is C16H30N2O2. The molecular weight excluding hydrogens is 252 g/mol. The lowest BCUT2D eigenvalue weighted by Crippen LogP contribution is -2.45. The van der Waals surface area contributed by atoms with E-state index in [2.05, 4.69) is 26.1 Å². The molecule has 0 aromatic carbocycles. The van der Waals surface area contributed by atoms with Crippen LogP contribution in [0.15, 0.2) is 0 Å². The number of amides is 1. The van der Waals surface area contributed by atoms with E-state index in [1.807, 2.05) is 11.8 Å². The van der Waals surface area contributed by atoms with Gasteiger partial charge in [-0.2, -0.15) is 0 Å². The van der Waals surface area contributed by atoms with Gasteiger partial charge >= 0.3 is 0 Å². The molecule has 3 atom stereocenters. The molecule has 0 radical (unpaired) electrons. The fraction of sp³-hybridized carbons (Fsp3) is 0.938. The van der Waals surface area contributed by atoms with Crippen molar-refractivity contribution < 1.29 is 9.53 Å². The van der Waals surface area contributed by atoms with Crippen LogP contribution in [-0.4, -0.2) is 41.8 Å². The number of ether oxygens (including phenoxy) is 1. The fourth-order valence-corrected chi connectivity index (χ4v) is 3.25. The summed E-state index contributed by atoms with van der Waals surface area (Å²) in [5.41, 5.74) is -0.387. The number of carbonyl (C=O) groups is 1. The van der Waals surface area contributed by atoms with E-state index in [9.17, 15) is 4.79 Å². The van der Waals surface area contributed by atoms with Crippen LogP contribution in [-0.2, 0) is 9.53 Å². The molecule has 1 N–H and O–H groups in total. The van der Waals surface area contributed by atoms with Crippen LogP contribution in [0, 0.1) is 5.92 Å². The third-order valence-corrected chi connectivity index (χ3v) is 4.84. The highest BCUT2D eigenvalue weighted by atomic mass is 16.5. The van der Waals surface area contributed by atoms with Crippen LogP contribution in [0.2, 0.25) is 0 Å². The van der Waals surface area contributed by atoms with Crippen LogP contribution in [0.4, 0.5) is 0 Å². The number of hydrogen-bond acceptors (Lipinski definition) is 3. The Morgan fingerprint density at radius 1 is 1.45 bits per heavy atom. The highest BCUT2D eigenvalue weighted by Crippen LogP contribution is 2.28. The first-order valence-electron chi connectivity index (χ1n) is 8.18. The monoisotopic (exact) mass is 282 g/mol. The van der Waals surface area contributed by atoms with Crippen molar-refractivity contribution in [3.05, 3.63) is 0 Å². The Bertz CT molecular complexity index is 339. The fourth-order valence-electron chi connectivity index (χ4n) is 3.25. The van der Waals surface area contributed by atoms with Gasteiger partial charge in [0.25, 0.3) is 0 Å². The molecule has 2 heterocycles. The second kappa shape index (κ2) is 6.44. The lowest BCUT2D eigenvalue weighted by molar-refractivity contribution is -0.133. The first kappa shape index (κ1) is 15.8. The van der Waals surface area contributed by atoms with Crippen LogP contribution in [0.5, 0.6) is 0 Å². The van der Waals surface area contributed by atoms with E-state index >= 15 is 0 Å². The number of nitrogens with zero attached hydrogens (tertiary/aromatic N) is 1. The molecule has 2 saturated heterocycles. The second-order valence-corrected chi connectivity index (χ2v) is 6.79. The normalized spacial score (nSPS) is 35.0. The number of nitrogens with one attached hydrogen (secondary N) is 1. The lowest BCUT2D eigenvalue weighted by atomic mass is 9.99. The summed E-state index contributed by atoms with van der Waals surface area (Å²) in [5, 5.41) is 3.54. The van der Waals surface area contributed by atoms with Gasteiger partial charge in [0.05, 0.1) is 17.8 Å². The van der Waals surface area contributed by atoms with E-state index in [4.69, 9.17) is 4.74 Å². The lowest BCUT2D eigenvalue weighted by Gasteiger charge is -2.30. The molecule has 0 aromatic heterocycles. The predicted molar refractivity (Wildman–Crippen MR) is 80.4 cm³/mol. The summed E-state index contributed by atoms with van der Waals surface area (Å²) < 4.78 is 5.79. The number of carbonyl (C=O) groups excluding carboxylic acids is 1. The summed E-state index contributed by atoms with van der Waals surface area (Å²) in [7, 11) is 0. The zero-order valence-corrected chi connectivity index (χ0v) is 13.4. The maximum atomic E-state index is 12.7. The first-order chi connectivity index (χ1) is 9.48. The van der Waals surface area contributed by atoms with Crippen LogP contribution < -0.4 is 5.32 Å². The summed E-state index contributed by atoms with van der Waals surface area (Å²) in [6.45, 7) is 10.2. The maximum Gasteiger partial charge on any atom is 0.243 e. The SMILES string of the molecule is CCC1(C)NC(C(C)C)N(CCC2CCCCO2)C1=O. The largest absolute Gasteiger partial charge is 0.378 e. The summed E-state index contributed by atoms with van der Waals surface area (Å²) in [6, 6.07) is 0. The van der Waals surface area contributed by atoms with Crippen LogP contribution in [0.1, 0.15) is 59.8 Å². The highest BCUT2D eigenvalue weighted by molar-refractivity contribution is 5.88. The van der Waals surface area contributed by atoms with Crippen molar-refractivity contribution in [1.29, 1.82) is 0 Å². The minimum atomic E-state index is -0.387. The summed E-state index contributed by atoms with van der Waals surface area (Å²) in [5.74, 6) is 0.689. The summed E-state index contributed by atoms with van der Waals surface area (Å²) >= 11 is 0. The molecule has 4 heteroatoms. The Hall–Kier alpha value is -0.610. The van der Waals surface area contributed by atoms with Gasteiger partial charge in [-0.25, -0.2) is 0 Å². The molecule has 2 aliphatic heterocycles. The predicted octanol–water partition coefficient (Wildman–Crippen LogP) is 2.53. The molecule has 2 aliphatic rings. The summed E-state index contributed by atoms with van der Waals surface area (Å²) in [4.78, 5) is 14.7. The summed E-state index contributed by atoms with van der Waals surface area (Å²) in [6.07, 6.45) is 5.91. The van der Waals surface area contributed by atoms with Gasteiger partial charge < -0.3 is 9.64 Å². The Labute approximate surface area is 123 Å². The van der Waals surface area contributed by atoms with Gasteiger partial charge in [-0.05, 0) is 44.9 Å². The van der Waals surface area contributed by atoms with Crippen molar-refractivity contribution in [1.82, 2.24) is 10.2 Å². The molecule has 0 bridgehead atoms. The standard InChI is InChI=1S/C16H30N2O2/c1-5-16(4)15(19)18(14(17-16)12(2)3)10-9-13-8-6-7-11-20-13/h12-14,17H,5-11H2,1-4H3. The maximum absolute atomic E-state index is 12.7. The molecule has 20 heavy (non-hydrogen) atoms. The van der Waals surface area contributed by atoms with Gasteiger partial charge in [0.2, 0.25) is 5.91 Å². The van der Waals surface area contributed by atoms with E-state index in [0.29, 0.717) is 12.0 Å². The topological polar surface area (TPSA) is 41.6 Å². The van der Waals surface area contributed by atoms with Crippen molar-refractivity contribution in [2.45, 2.75) is 77.6 Å². The minimum Gasteiger partial charge on any atom is -0.378 e. The molecule has 3 unspecified atom stereocenters. The molecule has 4 nitrogen and oxygen atoms in total. The molecule has 0 saturated carbocycles. The first-order valence-corrected chi connectivity index (χ1v) is 8.18. The van der Waals surface area contributed by atoms with E-state index < -0.39 is 0 Å². The van der Waals surface area contributed by atoms with Gasteiger partial charge in [-0.15, -0.1) is 0 Å². The van der Waals surface area contributed by atoms with Gasteiger partial charge in [-0.1, -0.05) is 20.8 Å². The van der Waals surface area contributed by atoms with E-state index in [-0.39, 0.29) is 17.6 Å². The third-order valence-electron chi connectivity index (χ3n) is 4.84. The number of rotatable bonds is 5. The molecule has 0 aliphatic carbocycles. The van der Waals surface area contributed by atoms with E-state index in [1.54, 1.807) is 0 Å². The molecule has 116 valence electrons. The number of hydrogen-bond donors (Lipinski definition) is 1. The molecule has 0 spiro atoms. The Balaban J connectivity index is 1.97. The molecule has 1 amide bonds. The van der Waals surface area contributed by atoms with E-state index in [0.717, 1.165) is 32.4 Å². The quantitative estimate of drug-likeness (QED) is 0.842. The van der Waals surface area contributed by atoms with Crippen molar-refractivity contribution in [3.63, 3.8) is 0 Å². The van der Waals surface area contributed by atoms with E-state index in [1.165, 1.54) is 12.8 Å². The van der Waals surface area contributed by atoms with Gasteiger partial charge in [-0.3, -0.25) is 10.1 Å². The second-order valence-electron chi connectivity index (χ2n) is 6.79. The van der Waals surface area contributed by atoms with Crippen molar-refractivity contribution in [3.8, 4) is 0 Å². The minimum absolute atomic E-state index is 0.163. The van der Waals surface area contributed by atoms with Gasteiger partial charge in [0.1, 0.15) is 0 Å². The van der Waals surface area contributed by atoms with Crippen LogP contribution >= 0.6 is 0 Å². The molecule has 2 fully saturated rings. The average Bonchev–Trinajstić information content (AvgIpc) is 2.71. The van der Waals surface area contributed by atoms with Crippen molar-refractivity contribution in [2.75, 3.05) is 13.2 Å². The van der Waals surface area contributed by atoms with Crippen LogP contribution in [0.25, 0.3) is 0 Å². The van der Waals surface area contributed by atoms with Gasteiger partial charge in [0.15, 0.2) is 0 Å². The Morgan fingerprint density at radius 2 is 2.20 bits per heavy atom. The van der Waals surface area contributed by atoms with Crippen LogP contribution in [0.3, 0.4) is 0 Å². The zero-order chi connectivity index (χ0) is 14.8. The van der Waals surface area contributed by atoms with Crippen molar-refractivity contribution in [2.24, 2.45) is 5.92 Å². The Kier molecular flexibility index (Phi) is 5.08. The molecule has 2 rings (SSSR count). The molecule has 0 aromatic rings. The average molecular weight is 282 g/mol. The van der Waals surface area contributed by atoms with Gasteiger partial charge in [0, 0.05) is 13.2 Å². The van der Waals surface area contributed by atoms with Crippen molar-refractivity contribution >= 4 is 5.91 Å². The third kappa shape index (κ3) is 3.17. The zero-order valence-electron chi connectivity index (χ0n) is 13.4. The Morgan fingerprint density at radius 3 is 2.75 bits per heavy atom. The smallest absolute Gasteiger partial charge is 0.243 e.